The Balaban J connectivity index is 2.88. The molecule has 0 aliphatic heterocycles. The van der Waals surface area contributed by atoms with Crippen LogP contribution in [-0.4, -0.2) is 11.7 Å². The Hall–Kier alpha value is -0.0400. The second kappa shape index (κ2) is 6.09. The second-order valence-electron chi connectivity index (χ2n) is 2.73. The van der Waals surface area contributed by atoms with E-state index in [4.69, 9.17) is 5.11 Å². The molecular weight excluding hydrogens is 112 g/mol. The topological polar surface area (TPSA) is 20.2 Å². The number of rotatable bonds is 5. The van der Waals surface area contributed by atoms with Crippen LogP contribution in [0.25, 0.3) is 0 Å². The molecule has 0 heterocycles. The minimum Gasteiger partial charge on any atom is -0.396 e. The van der Waals surface area contributed by atoms with Crippen molar-refractivity contribution in [2.75, 3.05) is 6.61 Å². The summed E-state index contributed by atoms with van der Waals surface area (Å²) in [6, 6.07) is 0. The van der Waals surface area contributed by atoms with E-state index in [-0.39, 0.29) is 0 Å². The van der Waals surface area contributed by atoms with Gasteiger partial charge in [0.2, 0.25) is 0 Å². The number of hydrogen-bond donors (Lipinski definition) is 1. The highest BCUT2D eigenvalue weighted by atomic mass is 16.2. The molecule has 1 atom stereocenters. The fourth-order valence-electron chi connectivity index (χ4n) is 0.809. The normalized spacial score (nSPS) is 13.7. The zero-order valence-corrected chi connectivity index (χ0v) is 6.56. The summed E-state index contributed by atoms with van der Waals surface area (Å²) in [5.41, 5.74) is 0. The standard InChI is InChI=1S/C8H18O/c1-3-8(2)6-4-5-7-9/h8-9H,3-7H2,1-2H3/t8-/m1/s1. The van der Waals surface area contributed by atoms with E-state index >= 15 is 0 Å². The molecule has 0 spiro atoms. The summed E-state index contributed by atoms with van der Waals surface area (Å²) in [5, 5.41) is 8.45. The fraction of sp³-hybridized carbons (Fsp3) is 1.00. The Bertz CT molecular complexity index is 52.5. The molecule has 0 bridgehead atoms. The van der Waals surface area contributed by atoms with Crippen LogP contribution in [-0.2, 0) is 0 Å². The van der Waals surface area contributed by atoms with Crippen molar-refractivity contribution in [2.45, 2.75) is 39.5 Å². The van der Waals surface area contributed by atoms with Gasteiger partial charge in [-0.05, 0) is 12.3 Å². The molecule has 56 valence electrons. The maximum absolute atomic E-state index is 8.45. The summed E-state index contributed by atoms with van der Waals surface area (Å²) in [6.07, 6.45) is 4.71. The summed E-state index contributed by atoms with van der Waals surface area (Å²) in [5.74, 6) is 0.844. The van der Waals surface area contributed by atoms with Crippen LogP contribution in [0.5, 0.6) is 0 Å². The van der Waals surface area contributed by atoms with E-state index in [1.54, 1.807) is 0 Å². The van der Waals surface area contributed by atoms with E-state index < -0.39 is 0 Å². The van der Waals surface area contributed by atoms with Gasteiger partial charge in [0.05, 0.1) is 0 Å². The smallest absolute Gasteiger partial charge is 0.0431 e. The van der Waals surface area contributed by atoms with Crippen LogP contribution in [0.2, 0.25) is 0 Å². The quantitative estimate of drug-likeness (QED) is 0.566. The first-order valence-electron chi connectivity index (χ1n) is 3.92. The minimum absolute atomic E-state index is 0.358. The molecule has 0 aromatic rings. The predicted molar refractivity (Wildman–Crippen MR) is 40.4 cm³/mol. The van der Waals surface area contributed by atoms with Crippen LogP contribution in [0.4, 0.5) is 0 Å². The molecule has 0 radical (unpaired) electrons. The molecule has 0 aliphatic carbocycles. The lowest BCUT2D eigenvalue weighted by atomic mass is 10.0. The highest BCUT2D eigenvalue weighted by Crippen LogP contribution is 2.09. The van der Waals surface area contributed by atoms with Gasteiger partial charge in [-0.25, -0.2) is 0 Å². The van der Waals surface area contributed by atoms with Crippen LogP contribution in [0.15, 0.2) is 0 Å². The highest BCUT2D eigenvalue weighted by molar-refractivity contribution is 4.49. The summed E-state index contributed by atoms with van der Waals surface area (Å²) >= 11 is 0. The van der Waals surface area contributed by atoms with E-state index in [2.05, 4.69) is 13.8 Å². The molecule has 1 N–H and O–H groups in total. The first kappa shape index (κ1) is 8.96. The lowest BCUT2D eigenvalue weighted by Crippen LogP contribution is -1.92. The molecule has 0 aromatic heterocycles. The lowest BCUT2D eigenvalue weighted by Gasteiger charge is -2.05. The number of aliphatic hydroxyl groups excluding tert-OH is 1. The molecule has 0 rings (SSSR count). The van der Waals surface area contributed by atoms with Gasteiger partial charge in [-0.2, -0.15) is 0 Å². The number of hydrogen-bond acceptors (Lipinski definition) is 1. The van der Waals surface area contributed by atoms with Gasteiger partial charge >= 0.3 is 0 Å². The van der Waals surface area contributed by atoms with Crippen molar-refractivity contribution < 1.29 is 5.11 Å². The van der Waals surface area contributed by atoms with Crippen molar-refractivity contribution in [3.8, 4) is 0 Å². The van der Waals surface area contributed by atoms with Crippen LogP contribution < -0.4 is 0 Å². The van der Waals surface area contributed by atoms with E-state index in [0.717, 1.165) is 12.3 Å². The number of aliphatic hydroxyl groups is 1. The van der Waals surface area contributed by atoms with Gasteiger partial charge < -0.3 is 5.11 Å². The second-order valence-corrected chi connectivity index (χ2v) is 2.73. The van der Waals surface area contributed by atoms with Gasteiger partial charge in [-0.15, -0.1) is 0 Å². The molecule has 0 amide bonds. The molecule has 9 heavy (non-hydrogen) atoms. The van der Waals surface area contributed by atoms with Crippen molar-refractivity contribution in [3.63, 3.8) is 0 Å². The van der Waals surface area contributed by atoms with Gasteiger partial charge in [0, 0.05) is 6.61 Å². The van der Waals surface area contributed by atoms with Gasteiger partial charge in [0.1, 0.15) is 0 Å². The third kappa shape index (κ3) is 5.84. The van der Waals surface area contributed by atoms with E-state index in [9.17, 15) is 0 Å². The van der Waals surface area contributed by atoms with Crippen LogP contribution in [0.3, 0.4) is 0 Å². The van der Waals surface area contributed by atoms with Crippen LogP contribution >= 0.6 is 0 Å². The first-order valence-corrected chi connectivity index (χ1v) is 3.92. The molecule has 0 saturated heterocycles. The van der Waals surface area contributed by atoms with E-state index in [1.165, 1.54) is 19.3 Å². The monoisotopic (exact) mass is 130 g/mol. The van der Waals surface area contributed by atoms with Gasteiger partial charge in [0.25, 0.3) is 0 Å². The average molecular weight is 130 g/mol. The average Bonchev–Trinajstić information content (AvgIpc) is 1.89. The lowest BCUT2D eigenvalue weighted by molar-refractivity contribution is 0.278. The Morgan fingerprint density at radius 3 is 2.44 bits per heavy atom. The zero-order chi connectivity index (χ0) is 7.11. The Labute approximate surface area is 58.1 Å². The molecule has 0 saturated carbocycles. The van der Waals surface area contributed by atoms with Crippen LogP contribution in [0.1, 0.15) is 39.5 Å². The Kier molecular flexibility index (Phi) is 6.06. The largest absolute Gasteiger partial charge is 0.396 e. The summed E-state index contributed by atoms with van der Waals surface area (Å²) in [6.45, 7) is 4.83. The van der Waals surface area contributed by atoms with Gasteiger partial charge in [-0.1, -0.05) is 33.1 Å². The fourth-order valence-corrected chi connectivity index (χ4v) is 0.809. The van der Waals surface area contributed by atoms with Crippen molar-refractivity contribution in [2.24, 2.45) is 5.92 Å². The molecule has 0 aromatic carbocycles. The predicted octanol–water partition coefficient (Wildman–Crippen LogP) is 2.20. The summed E-state index contributed by atoms with van der Waals surface area (Å²) in [4.78, 5) is 0. The molecule has 0 fully saturated rings. The van der Waals surface area contributed by atoms with Crippen molar-refractivity contribution >= 4 is 0 Å². The Morgan fingerprint density at radius 1 is 1.33 bits per heavy atom. The third-order valence-corrected chi connectivity index (χ3v) is 1.80. The number of unbranched alkanes of at least 4 members (excludes halogenated alkanes) is 1. The molecule has 1 nitrogen and oxygen atoms in total. The Morgan fingerprint density at radius 2 is 2.00 bits per heavy atom. The van der Waals surface area contributed by atoms with Crippen molar-refractivity contribution in [1.29, 1.82) is 0 Å². The SMILES string of the molecule is CC[C@@H](C)CCCCO. The first-order chi connectivity index (χ1) is 4.31. The maximum atomic E-state index is 8.45. The van der Waals surface area contributed by atoms with Crippen LogP contribution in [0, 0.1) is 5.92 Å². The zero-order valence-electron chi connectivity index (χ0n) is 6.56. The summed E-state index contributed by atoms with van der Waals surface area (Å²) < 4.78 is 0. The molecular formula is C8H18O. The van der Waals surface area contributed by atoms with E-state index in [0.29, 0.717) is 6.61 Å². The van der Waals surface area contributed by atoms with E-state index in [1.807, 2.05) is 0 Å². The van der Waals surface area contributed by atoms with Gasteiger partial charge in [0.15, 0.2) is 0 Å². The molecule has 0 aliphatic rings. The third-order valence-electron chi connectivity index (χ3n) is 1.80. The minimum atomic E-state index is 0.358. The van der Waals surface area contributed by atoms with Crippen molar-refractivity contribution in [3.05, 3.63) is 0 Å². The van der Waals surface area contributed by atoms with Gasteiger partial charge in [-0.3, -0.25) is 0 Å². The van der Waals surface area contributed by atoms with Crippen molar-refractivity contribution in [1.82, 2.24) is 0 Å². The maximum Gasteiger partial charge on any atom is 0.0431 e. The highest BCUT2D eigenvalue weighted by Gasteiger charge is 1.96. The molecule has 0 unspecified atom stereocenters. The molecule has 1 heteroatoms. The summed E-state index contributed by atoms with van der Waals surface area (Å²) in [7, 11) is 0.